The first-order chi connectivity index (χ1) is 9.33. The molecule has 0 fully saturated rings. The third kappa shape index (κ3) is 2.40. The molecule has 2 heterocycles. The summed E-state index contributed by atoms with van der Waals surface area (Å²) in [5.41, 5.74) is 4.24. The molecule has 5 heteroatoms. The van der Waals surface area contributed by atoms with Crippen molar-refractivity contribution in [3.63, 3.8) is 0 Å². The van der Waals surface area contributed by atoms with Gasteiger partial charge in [0.05, 0.1) is 18.2 Å². The SMILES string of the molecule is O=C(N/N=C\c1cc2ccccc2[nH]1)c1ccco1. The Morgan fingerprint density at radius 2 is 2.16 bits per heavy atom. The molecule has 1 aromatic carbocycles. The van der Waals surface area contributed by atoms with Crippen LogP contribution in [0, 0.1) is 0 Å². The average Bonchev–Trinajstić information content (AvgIpc) is 3.07. The summed E-state index contributed by atoms with van der Waals surface area (Å²) < 4.78 is 4.95. The molecule has 2 N–H and O–H groups in total. The van der Waals surface area contributed by atoms with Crippen LogP contribution < -0.4 is 5.43 Å². The highest BCUT2D eigenvalue weighted by atomic mass is 16.3. The van der Waals surface area contributed by atoms with E-state index in [-0.39, 0.29) is 11.7 Å². The number of carbonyl (C=O) groups excluding carboxylic acids is 1. The average molecular weight is 253 g/mol. The minimum atomic E-state index is -0.377. The summed E-state index contributed by atoms with van der Waals surface area (Å²) in [7, 11) is 0. The van der Waals surface area contributed by atoms with E-state index in [1.807, 2.05) is 30.3 Å². The van der Waals surface area contributed by atoms with Gasteiger partial charge in [0.15, 0.2) is 5.76 Å². The minimum absolute atomic E-state index is 0.230. The Morgan fingerprint density at radius 3 is 2.95 bits per heavy atom. The number of amides is 1. The number of furan rings is 1. The summed E-state index contributed by atoms with van der Waals surface area (Å²) in [5.74, 6) is -0.147. The molecule has 0 atom stereocenters. The number of hydrazone groups is 1. The fraction of sp³-hybridized carbons (Fsp3) is 0. The largest absolute Gasteiger partial charge is 0.459 e. The number of nitrogens with one attached hydrogen (secondary N) is 2. The van der Waals surface area contributed by atoms with Crippen LogP contribution in [0.4, 0.5) is 0 Å². The maximum absolute atomic E-state index is 11.5. The van der Waals surface area contributed by atoms with Crippen LogP contribution in [0.15, 0.2) is 58.2 Å². The highest BCUT2D eigenvalue weighted by Crippen LogP contribution is 2.13. The second-order valence-corrected chi connectivity index (χ2v) is 3.99. The minimum Gasteiger partial charge on any atom is -0.459 e. The third-order valence-corrected chi connectivity index (χ3v) is 2.67. The van der Waals surface area contributed by atoms with Gasteiger partial charge in [0.2, 0.25) is 0 Å². The maximum atomic E-state index is 11.5. The van der Waals surface area contributed by atoms with Gasteiger partial charge in [-0.3, -0.25) is 4.79 Å². The molecular weight excluding hydrogens is 242 g/mol. The molecule has 0 unspecified atom stereocenters. The number of H-pyrrole nitrogens is 1. The van der Waals surface area contributed by atoms with Crippen molar-refractivity contribution in [3.05, 3.63) is 60.2 Å². The van der Waals surface area contributed by atoms with E-state index in [2.05, 4.69) is 15.5 Å². The number of hydrogen-bond acceptors (Lipinski definition) is 3. The van der Waals surface area contributed by atoms with Crippen molar-refractivity contribution in [2.75, 3.05) is 0 Å². The van der Waals surface area contributed by atoms with Gasteiger partial charge in [-0.1, -0.05) is 18.2 Å². The normalized spacial score (nSPS) is 11.2. The second-order valence-electron chi connectivity index (χ2n) is 3.99. The summed E-state index contributed by atoms with van der Waals surface area (Å²) in [5, 5.41) is 4.98. The van der Waals surface area contributed by atoms with Gasteiger partial charge in [0.1, 0.15) is 0 Å². The van der Waals surface area contributed by atoms with E-state index >= 15 is 0 Å². The zero-order valence-electron chi connectivity index (χ0n) is 9.96. The first-order valence-electron chi connectivity index (χ1n) is 5.77. The lowest BCUT2D eigenvalue weighted by Gasteiger charge is -1.93. The number of aromatic amines is 1. The van der Waals surface area contributed by atoms with Crippen molar-refractivity contribution >= 4 is 23.0 Å². The quantitative estimate of drug-likeness (QED) is 0.556. The topological polar surface area (TPSA) is 70.4 Å². The number of fused-ring (bicyclic) bond motifs is 1. The number of rotatable bonds is 3. The number of benzene rings is 1. The Bertz CT molecular complexity index is 693. The monoisotopic (exact) mass is 253 g/mol. The maximum Gasteiger partial charge on any atom is 0.307 e. The van der Waals surface area contributed by atoms with Crippen molar-refractivity contribution in [2.24, 2.45) is 5.10 Å². The van der Waals surface area contributed by atoms with Crippen molar-refractivity contribution in [1.82, 2.24) is 10.4 Å². The fourth-order valence-corrected chi connectivity index (χ4v) is 1.79. The van der Waals surface area contributed by atoms with E-state index in [0.29, 0.717) is 0 Å². The molecule has 0 spiro atoms. The first kappa shape index (κ1) is 11.3. The van der Waals surface area contributed by atoms with Gasteiger partial charge in [0.25, 0.3) is 0 Å². The van der Waals surface area contributed by atoms with E-state index < -0.39 is 0 Å². The Balaban J connectivity index is 1.71. The molecule has 0 saturated heterocycles. The summed E-state index contributed by atoms with van der Waals surface area (Å²) in [6.45, 7) is 0. The van der Waals surface area contributed by atoms with Crippen molar-refractivity contribution < 1.29 is 9.21 Å². The second kappa shape index (κ2) is 4.81. The van der Waals surface area contributed by atoms with Crippen molar-refractivity contribution in [3.8, 4) is 0 Å². The number of para-hydroxylation sites is 1. The van der Waals surface area contributed by atoms with Gasteiger partial charge in [-0.25, -0.2) is 5.43 Å². The molecule has 3 rings (SSSR count). The molecule has 0 bridgehead atoms. The Hall–Kier alpha value is -2.82. The van der Waals surface area contributed by atoms with E-state index in [9.17, 15) is 4.79 Å². The predicted octanol–water partition coefficient (Wildman–Crippen LogP) is 2.52. The van der Waals surface area contributed by atoms with Crippen molar-refractivity contribution in [1.29, 1.82) is 0 Å². The molecule has 0 aliphatic heterocycles. The molecule has 5 nitrogen and oxygen atoms in total. The van der Waals surface area contributed by atoms with Gasteiger partial charge in [-0.15, -0.1) is 0 Å². The molecule has 0 saturated carbocycles. The van der Waals surface area contributed by atoms with Crippen LogP contribution in [0.3, 0.4) is 0 Å². The molecule has 3 aromatic rings. The van der Waals surface area contributed by atoms with E-state index in [1.54, 1.807) is 18.3 Å². The van der Waals surface area contributed by atoms with Crippen LogP contribution in [0.5, 0.6) is 0 Å². The van der Waals surface area contributed by atoms with Crippen molar-refractivity contribution in [2.45, 2.75) is 0 Å². The molecule has 19 heavy (non-hydrogen) atoms. The standard InChI is InChI=1S/C14H11N3O2/c18-14(13-6-3-7-19-13)17-15-9-11-8-10-4-1-2-5-12(10)16-11/h1-9,16H,(H,17,18)/b15-9-. The summed E-state index contributed by atoms with van der Waals surface area (Å²) in [6.07, 6.45) is 3.00. The zero-order valence-corrected chi connectivity index (χ0v) is 9.96. The van der Waals surface area contributed by atoms with Crippen LogP contribution in [0.1, 0.15) is 16.2 Å². The molecule has 0 radical (unpaired) electrons. The van der Waals surface area contributed by atoms with Gasteiger partial charge in [0, 0.05) is 10.9 Å². The Labute approximate surface area is 108 Å². The first-order valence-corrected chi connectivity index (χ1v) is 5.77. The lowest BCUT2D eigenvalue weighted by Crippen LogP contribution is -2.16. The fourth-order valence-electron chi connectivity index (χ4n) is 1.79. The molecule has 1 amide bonds. The highest BCUT2D eigenvalue weighted by Gasteiger charge is 2.05. The van der Waals surface area contributed by atoms with Crippen LogP contribution >= 0.6 is 0 Å². The van der Waals surface area contributed by atoms with Crippen LogP contribution in [-0.2, 0) is 0 Å². The van der Waals surface area contributed by atoms with E-state index in [0.717, 1.165) is 16.6 Å². The van der Waals surface area contributed by atoms with Crippen LogP contribution in [-0.4, -0.2) is 17.1 Å². The molecule has 0 aliphatic carbocycles. The van der Waals surface area contributed by atoms with Crippen LogP contribution in [0.2, 0.25) is 0 Å². The van der Waals surface area contributed by atoms with Gasteiger partial charge >= 0.3 is 5.91 Å². The number of hydrogen-bond donors (Lipinski definition) is 2. The Kier molecular flexibility index (Phi) is 2.86. The molecule has 0 aliphatic rings. The smallest absolute Gasteiger partial charge is 0.307 e. The molecular formula is C14H11N3O2. The highest BCUT2D eigenvalue weighted by molar-refractivity contribution is 5.93. The third-order valence-electron chi connectivity index (χ3n) is 2.67. The van der Waals surface area contributed by atoms with Crippen LogP contribution in [0.25, 0.3) is 10.9 Å². The zero-order chi connectivity index (χ0) is 13.1. The number of aromatic nitrogens is 1. The molecule has 94 valence electrons. The summed E-state index contributed by atoms with van der Waals surface area (Å²) in [4.78, 5) is 14.7. The number of nitrogens with zero attached hydrogens (tertiary/aromatic N) is 1. The Morgan fingerprint density at radius 1 is 1.26 bits per heavy atom. The molecule has 2 aromatic heterocycles. The van der Waals surface area contributed by atoms with Gasteiger partial charge in [-0.05, 0) is 24.3 Å². The lowest BCUT2D eigenvalue weighted by atomic mass is 10.2. The lowest BCUT2D eigenvalue weighted by molar-refractivity contribution is 0.0927. The van der Waals surface area contributed by atoms with Gasteiger partial charge < -0.3 is 9.40 Å². The number of carbonyl (C=O) groups is 1. The predicted molar refractivity (Wildman–Crippen MR) is 72.1 cm³/mol. The summed E-state index contributed by atoms with van der Waals surface area (Å²) >= 11 is 0. The van der Waals surface area contributed by atoms with E-state index in [1.165, 1.54) is 6.26 Å². The van der Waals surface area contributed by atoms with E-state index in [4.69, 9.17) is 4.42 Å². The summed E-state index contributed by atoms with van der Waals surface area (Å²) in [6, 6.07) is 13.1. The van der Waals surface area contributed by atoms with Gasteiger partial charge in [-0.2, -0.15) is 5.10 Å².